The lowest BCUT2D eigenvalue weighted by Crippen LogP contribution is -2.05. The molecule has 1 atom stereocenters. The summed E-state index contributed by atoms with van der Waals surface area (Å²) in [6.45, 7) is 6.35. The Hall–Kier alpha value is -4.22. The minimum absolute atomic E-state index is 0.233. The molecule has 1 aromatic carbocycles. The molecule has 0 fully saturated rings. The number of aromatic nitrogens is 5. The Morgan fingerprint density at radius 3 is 2.42 bits per heavy atom. The monoisotopic (exact) mass is 492 g/mol. The molecular formula is C28H24N6OS. The quantitative estimate of drug-likeness (QED) is 0.290. The van der Waals surface area contributed by atoms with Gasteiger partial charge < -0.3 is 4.74 Å². The third-order valence-corrected chi connectivity index (χ3v) is 7.11. The summed E-state index contributed by atoms with van der Waals surface area (Å²) in [6, 6.07) is 16.7. The van der Waals surface area contributed by atoms with Crippen LogP contribution in [-0.4, -0.2) is 24.9 Å². The van der Waals surface area contributed by atoms with Crippen LogP contribution in [0.2, 0.25) is 0 Å². The third-order valence-electron chi connectivity index (χ3n) is 6.03. The molecule has 0 saturated carbocycles. The van der Waals surface area contributed by atoms with E-state index in [-0.39, 0.29) is 6.01 Å². The van der Waals surface area contributed by atoms with Crippen molar-refractivity contribution in [1.29, 1.82) is 5.26 Å². The fourth-order valence-electron chi connectivity index (χ4n) is 3.89. The van der Waals surface area contributed by atoms with Gasteiger partial charge in [0.15, 0.2) is 0 Å². The van der Waals surface area contributed by atoms with E-state index in [0.717, 1.165) is 33.6 Å². The number of thiazole rings is 1. The number of benzene rings is 1. The molecule has 0 saturated heterocycles. The van der Waals surface area contributed by atoms with Gasteiger partial charge in [-0.2, -0.15) is 10.2 Å². The second-order valence-corrected chi connectivity index (χ2v) is 9.71. The SMILES string of the molecule is Cc1cc(Cc2ccc(COc3nccc(C(C#N)c4nc5c(C)nccc5s4)n3)cc2)cnc1C. The van der Waals surface area contributed by atoms with Gasteiger partial charge in [0.1, 0.15) is 23.0 Å². The summed E-state index contributed by atoms with van der Waals surface area (Å²) in [4.78, 5) is 22.1. The van der Waals surface area contributed by atoms with Crippen molar-refractivity contribution in [1.82, 2.24) is 24.9 Å². The minimum Gasteiger partial charge on any atom is -0.459 e. The first-order valence-corrected chi connectivity index (χ1v) is 12.4. The average molecular weight is 493 g/mol. The van der Waals surface area contributed by atoms with Crippen molar-refractivity contribution < 1.29 is 4.74 Å². The number of nitrogens with zero attached hydrogens (tertiary/aromatic N) is 6. The summed E-state index contributed by atoms with van der Waals surface area (Å²) in [5, 5.41) is 10.6. The highest BCUT2D eigenvalue weighted by atomic mass is 32.1. The van der Waals surface area contributed by atoms with E-state index < -0.39 is 5.92 Å². The fraction of sp³-hybridized carbons (Fsp3) is 0.214. The maximum Gasteiger partial charge on any atom is 0.316 e. The molecule has 0 aliphatic rings. The highest BCUT2D eigenvalue weighted by Gasteiger charge is 2.21. The zero-order valence-electron chi connectivity index (χ0n) is 20.3. The molecule has 1 unspecified atom stereocenters. The van der Waals surface area contributed by atoms with Crippen LogP contribution in [0.5, 0.6) is 6.01 Å². The summed E-state index contributed by atoms with van der Waals surface area (Å²) in [5.74, 6) is -0.605. The zero-order valence-corrected chi connectivity index (χ0v) is 21.1. The smallest absolute Gasteiger partial charge is 0.316 e. The lowest BCUT2D eigenvalue weighted by molar-refractivity contribution is 0.279. The highest BCUT2D eigenvalue weighted by Crippen LogP contribution is 2.31. The molecular weight excluding hydrogens is 468 g/mol. The van der Waals surface area contributed by atoms with Gasteiger partial charge in [0, 0.05) is 24.3 Å². The van der Waals surface area contributed by atoms with E-state index in [4.69, 9.17) is 4.74 Å². The first kappa shape index (κ1) is 23.5. The van der Waals surface area contributed by atoms with Crippen molar-refractivity contribution in [2.24, 2.45) is 0 Å². The van der Waals surface area contributed by atoms with Crippen LogP contribution in [0, 0.1) is 32.1 Å². The fourth-order valence-corrected chi connectivity index (χ4v) is 4.96. The van der Waals surface area contributed by atoms with Gasteiger partial charge in [-0.15, -0.1) is 11.3 Å². The molecule has 0 aliphatic carbocycles. The van der Waals surface area contributed by atoms with Crippen LogP contribution in [0.15, 0.2) is 61.1 Å². The third kappa shape index (κ3) is 5.07. The molecule has 4 aromatic heterocycles. The molecule has 4 heterocycles. The molecule has 5 aromatic rings. The molecule has 178 valence electrons. The molecule has 0 radical (unpaired) electrons. The van der Waals surface area contributed by atoms with Crippen molar-refractivity contribution in [2.45, 2.75) is 39.7 Å². The van der Waals surface area contributed by atoms with Crippen molar-refractivity contribution in [3.8, 4) is 12.1 Å². The van der Waals surface area contributed by atoms with Gasteiger partial charge >= 0.3 is 6.01 Å². The van der Waals surface area contributed by atoms with Crippen LogP contribution in [0.3, 0.4) is 0 Å². The molecule has 8 heteroatoms. The Morgan fingerprint density at radius 2 is 1.67 bits per heavy atom. The summed E-state index contributed by atoms with van der Waals surface area (Å²) in [6.07, 6.45) is 6.13. The largest absolute Gasteiger partial charge is 0.459 e. The van der Waals surface area contributed by atoms with E-state index in [2.05, 4.69) is 56.1 Å². The molecule has 36 heavy (non-hydrogen) atoms. The normalized spacial score (nSPS) is 11.8. The topological polar surface area (TPSA) is 97.5 Å². The predicted octanol–water partition coefficient (Wildman–Crippen LogP) is 5.63. The Labute approximate surface area is 213 Å². The molecule has 0 aliphatic heterocycles. The van der Waals surface area contributed by atoms with Gasteiger partial charge in [-0.1, -0.05) is 30.3 Å². The number of fused-ring (bicyclic) bond motifs is 1. The molecule has 0 bridgehead atoms. The van der Waals surface area contributed by atoms with E-state index in [1.165, 1.54) is 28.0 Å². The number of aryl methyl sites for hydroxylation is 3. The summed E-state index contributed by atoms with van der Waals surface area (Å²) < 4.78 is 6.86. The summed E-state index contributed by atoms with van der Waals surface area (Å²) in [7, 11) is 0. The van der Waals surface area contributed by atoms with Crippen LogP contribution >= 0.6 is 11.3 Å². The van der Waals surface area contributed by atoms with Crippen molar-refractivity contribution >= 4 is 21.6 Å². The van der Waals surface area contributed by atoms with Gasteiger partial charge in [-0.05, 0) is 61.6 Å². The Kier molecular flexibility index (Phi) is 6.65. The van der Waals surface area contributed by atoms with Gasteiger partial charge in [-0.25, -0.2) is 9.97 Å². The number of rotatable bonds is 7. The van der Waals surface area contributed by atoms with Crippen molar-refractivity contribution in [3.05, 3.63) is 105 Å². The number of pyridine rings is 2. The number of hydrogen-bond donors (Lipinski definition) is 0. The van der Waals surface area contributed by atoms with Crippen LogP contribution in [-0.2, 0) is 13.0 Å². The second-order valence-electron chi connectivity index (χ2n) is 8.65. The second kappa shape index (κ2) is 10.2. The average Bonchev–Trinajstić information content (AvgIpc) is 3.32. The summed E-state index contributed by atoms with van der Waals surface area (Å²) >= 11 is 1.48. The number of nitriles is 1. The van der Waals surface area contributed by atoms with E-state index in [0.29, 0.717) is 17.3 Å². The lowest BCUT2D eigenvalue weighted by Gasteiger charge is -2.09. The summed E-state index contributed by atoms with van der Waals surface area (Å²) in [5.41, 5.74) is 7.90. The predicted molar refractivity (Wildman–Crippen MR) is 139 cm³/mol. The van der Waals surface area contributed by atoms with Crippen molar-refractivity contribution in [2.75, 3.05) is 0 Å². The van der Waals surface area contributed by atoms with E-state index in [1.54, 1.807) is 18.5 Å². The van der Waals surface area contributed by atoms with E-state index in [1.807, 2.05) is 38.2 Å². The maximum atomic E-state index is 9.88. The van der Waals surface area contributed by atoms with Crippen LogP contribution in [0.4, 0.5) is 0 Å². The Morgan fingerprint density at radius 1 is 0.889 bits per heavy atom. The van der Waals surface area contributed by atoms with E-state index >= 15 is 0 Å². The molecule has 0 spiro atoms. The number of ether oxygens (including phenoxy) is 1. The van der Waals surface area contributed by atoms with Gasteiger partial charge in [0.25, 0.3) is 0 Å². The van der Waals surface area contributed by atoms with E-state index in [9.17, 15) is 5.26 Å². The first-order valence-electron chi connectivity index (χ1n) is 11.6. The number of hydrogen-bond acceptors (Lipinski definition) is 8. The van der Waals surface area contributed by atoms with Gasteiger partial charge in [0.2, 0.25) is 0 Å². The zero-order chi connectivity index (χ0) is 25.1. The lowest BCUT2D eigenvalue weighted by atomic mass is 10.0. The molecule has 0 amide bonds. The Bertz CT molecular complexity index is 1570. The molecule has 7 nitrogen and oxygen atoms in total. The molecule has 5 rings (SSSR count). The van der Waals surface area contributed by atoms with Crippen LogP contribution in [0.1, 0.15) is 50.3 Å². The Balaban J connectivity index is 1.26. The van der Waals surface area contributed by atoms with Crippen LogP contribution in [0.25, 0.3) is 10.2 Å². The first-order chi connectivity index (χ1) is 17.5. The van der Waals surface area contributed by atoms with Gasteiger partial charge in [0.05, 0.1) is 22.2 Å². The highest BCUT2D eigenvalue weighted by molar-refractivity contribution is 7.18. The van der Waals surface area contributed by atoms with Gasteiger partial charge in [-0.3, -0.25) is 9.97 Å². The maximum absolute atomic E-state index is 9.88. The van der Waals surface area contributed by atoms with Crippen molar-refractivity contribution in [3.63, 3.8) is 0 Å². The molecule has 0 N–H and O–H groups in total. The van der Waals surface area contributed by atoms with Crippen LogP contribution < -0.4 is 4.74 Å². The standard InChI is InChI=1S/C28H24N6OS/c1-17-12-22(15-32-18(17)2)13-20-4-6-21(7-5-20)16-35-28-31-10-8-24(33-28)23(14-29)27-34-26-19(3)30-11-9-25(26)36-27/h4-12,15,23H,13,16H2,1-3H3. The minimum atomic E-state index is -0.605.